The zero-order chi connectivity index (χ0) is 32.1. The van der Waals surface area contributed by atoms with Crippen molar-refractivity contribution >= 4 is 23.0 Å². The lowest BCUT2D eigenvalue weighted by Gasteiger charge is -2.20. The summed E-state index contributed by atoms with van der Waals surface area (Å²) in [7, 11) is 1.52. The van der Waals surface area contributed by atoms with E-state index in [9.17, 15) is 23.9 Å². The molecular formula is C31H36FN5O7. The molecule has 44 heavy (non-hydrogen) atoms. The Morgan fingerprint density at radius 1 is 1.05 bits per heavy atom. The fourth-order valence-corrected chi connectivity index (χ4v) is 4.14. The molecule has 0 atom stereocenters. The van der Waals surface area contributed by atoms with Gasteiger partial charge in [-0.3, -0.25) is 14.6 Å². The zero-order valence-corrected chi connectivity index (χ0v) is 24.3. The first kappa shape index (κ1) is 33.6. The average Bonchev–Trinajstić information content (AvgIpc) is 3.04. The first-order chi connectivity index (χ1) is 21.2. The van der Waals surface area contributed by atoms with Crippen LogP contribution in [0.1, 0.15) is 27.0 Å². The molecule has 2 heterocycles. The highest BCUT2D eigenvalue weighted by Crippen LogP contribution is 2.26. The van der Waals surface area contributed by atoms with E-state index in [1.54, 1.807) is 18.2 Å². The maximum Gasteiger partial charge on any atom is 0.409 e. The number of rotatable bonds is 11. The van der Waals surface area contributed by atoms with Gasteiger partial charge in [-0.2, -0.15) is 0 Å². The highest BCUT2D eigenvalue weighted by Gasteiger charge is 2.24. The number of aliphatic hydroxyl groups excluding tert-OH is 2. The van der Waals surface area contributed by atoms with Gasteiger partial charge in [0, 0.05) is 39.4 Å². The van der Waals surface area contributed by atoms with E-state index in [1.165, 1.54) is 34.8 Å². The van der Waals surface area contributed by atoms with Crippen LogP contribution in [-0.4, -0.2) is 81.7 Å². The quantitative estimate of drug-likeness (QED) is 0.169. The largest absolute Gasteiger partial charge is 0.505 e. The number of hydrogen-bond acceptors (Lipinski definition) is 9. The molecular weight excluding hydrogens is 573 g/mol. The van der Waals surface area contributed by atoms with Gasteiger partial charge in [-0.1, -0.05) is 42.5 Å². The van der Waals surface area contributed by atoms with Gasteiger partial charge in [0.15, 0.2) is 5.75 Å². The minimum Gasteiger partial charge on any atom is -0.505 e. The maximum absolute atomic E-state index is 13.5. The van der Waals surface area contributed by atoms with Gasteiger partial charge in [0.1, 0.15) is 23.5 Å². The minimum atomic E-state index is -0.861. The molecule has 0 spiro atoms. The Balaban J connectivity index is 0.00000124. The zero-order valence-electron chi connectivity index (χ0n) is 24.3. The van der Waals surface area contributed by atoms with Crippen LogP contribution in [0.2, 0.25) is 0 Å². The third kappa shape index (κ3) is 9.07. The van der Waals surface area contributed by atoms with Crippen LogP contribution in [0.3, 0.4) is 0 Å². The lowest BCUT2D eigenvalue weighted by molar-refractivity contribution is 0.0938. The molecule has 0 aliphatic carbocycles. The molecule has 0 bridgehead atoms. The molecule has 2 aromatic carbocycles. The highest BCUT2D eigenvalue weighted by atomic mass is 19.1. The van der Waals surface area contributed by atoms with E-state index in [4.69, 9.17) is 20.7 Å². The van der Waals surface area contributed by atoms with E-state index >= 15 is 0 Å². The predicted octanol–water partition coefficient (Wildman–Crippen LogP) is 1.76. The first-order valence-electron chi connectivity index (χ1n) is 13.8. The molecule has 0 radical (unpaired) electrons. The number of nitrogens with zero attached hydrogens (tertiary/aromatic N) is 3. The summed E-state index contributed by atoms with van der Waals surface area (Å²) in [4.78, 5) is 44.4. The molecule has 6 N–H and O–H groups in total. The van der Waals surface area contributed by atoms with Crippen molar-refractivity contribution in [1.29, 1.82) is 0 Å². The second-order valence-electron chi connectivity index (χ2n) is 9.65. The van der Waals surface area contributed by atoms with Crippen LogP contribution in [0, 0.1) is 5.82 Å². The third-order valence-electron chi connectivity index (χ3n) is 6.39. The lowest BCUT2D eigenvalue weighted by Crippen LogP contribution is -2.37. The number of likely N-dealkylation sites (N-methyl/N-ethyl adjacent to an activating group) is 1. The fourth-order valence-electron chi connectivity index (χ4n) is 4.14. The number of fused-ring (bicyclic) bond motifs is 1. The van der Waals surface area contributed by atoms with Crippen LogP contribution < -0.4 is 16.6 Å². The van der Waals surface area contributed by atoms with Gasteiger partial charge in [0.05, 0.1) is 18.7 Å². The minimum absolute atomic E-state index is 0.0194. The molecule has 0 saturated heterocycles. The summed E-state index contributed by atoms with van der Waals surface area (Å²) in [6.45, 7) is 0.102. The van der Waals surface area contributed by atoms with E-state index in [0.717, 1.165) is 11.1 Å². The van der Waals surface area contributed by atoms with Crippen molar-refractivity contribution in [2.75, 3.05) is 39.9 Å². The van der Waals surface area contributed by atoms with Crippen LogP contribution >= 0.6 is 0 Å². The normalized spacial score (nSPS) is 10.6. The molecule has 12 nitrogen and oxygen atoms in total. The second-order valence-corrected chi connectivity index (χ2v) is 9.65. The molecule has 0 aliphatic rings. The number of aromatic hydroxyl groups is 1. The molecule has 234 valence electrons. The predicted molar refractivity (Wildman–Crippen MR) is 162 cm³/mol. The smallest absolute Gasteiger partial charge is 0.409 e. The van der Waals surface area contributed by atoms with Crippen molar-refractivity contribution in [2.24, 2.45) is 5.73 Å². The number of nitrogens with one attached hydrogen (secondary N) is 1. The number of aromatic nitrogens is 2. The third-order valence-corrected chi connectivity index (χ3v) is 6.39. The Labute approximate surface area is 253 Å². The maximum atomic E-state index is 13.5. The number of carbonyl (C=O) groups excluding carboxylic acids is 2. The molecule has 0 saturated carbocycles. The number of amides is 2. The molecule has 2 aromatic heterocycles. The monoisotopic (exact) mass is 609 g/mol. The molecule has 4 aromatic rings. The Hall–Kier alpha value is -4.85. The number of hydrogen-bond donors (Lipinski definition) is 5. The molecule has 0 unspecified atom stereocenters. The van der Waals surface area contributed by atoms with Crippen LogP contribution in [0.5, 0.6) is 5.75 Å². The van der Waals surface area contributed by atoms with Gasteiger partial charge < -0.3 is 40.6 Å². The van der Waals surface area contributed by atoms with Crippen molar-refractivity contribution in [3.05, 3.63) is 105 Å². The van der Waals surface area contributed by atoms with E-state index in [0.29, 0.717) is 18.5 Å². The van der Waals surface area contributed by atoms with E-state index in [1.807, 2.05) is 30.3 Å². The van der Waals surface area contributed by atoms with Crippen LogP contribution in [0.4, 0.5) is 9.18 Å². The van der Waals surface area contributed by atoms with Crippen molar-refractivity contribution in [2.45, 2.75) is 19.6 Å². The molecule has 4 rings (SSSR count). The molecule has 13 heteroatoms. The Bertz CT molecular complexity index is 1600. The molecule has 0 fully saturated rings. The number of pyridine rings is 2. The topological polar surface area (TPSA) is 180 Å². The van der Waals surface area contributed by atoms with Crippen LogP contribution in [-0.2, 0) is 24.3 Å². The van der Waals surface area contributed by atoms with Gasteiger partial charge in [-0.15, -0.1) is 0 Å². The number of halogens is 1. The number of aliphatic hydroxyl groups is 2. The Morgan fingerprint density at radius 3 is 2.36 bits per heavy atom. The fraction of sp³-hybridized carbons (Fsp3) is 0.290. The summed E-state index contributed by atoms with van der Waals surface area (Å²) in [5.41, 5.74) is 6.06. The van der Waals surface area contributed by atoms with Gasteiger partial charge in [-0.05, 0) is 41.3 Å². The summed E-state index contributed by atoms with van der Waals surface area (Å²) in [6.07, 6.45) is 1.28. The summed E-state index contributed by atoms with van der Waals surface area (Å²) in [5, 5.41) is 30.0. The van der Waals surface area contributed by atoms with Gasteiger partial charge in [0.25, 0.3) is 11.5 Å². The SMILES string of the molecule is CN(CCn1c(=O)c(C(=O)NCCO)c(O)c2ncc(Cc3ccc(F)cc3)cc21)C(=O)OCc1ccccc1.NCCO. The summed E-state index contributed by atoms with van der Waals surface area (Å²) < 4.78 is 20.0. The Morgan fingerprint density at radius 2 is 1.73 bits per heavy atom. The summed E-state index contributed by atoms with van der Waals surface area (Å²) in [5.74, 6) is -1.81. The van der Waals surface area contributed by atoms with E-state index in [-0.39, 0.29) is 56.3 Å². The first-order valence-corrected chi connectivity index (χ1v) is 13.8. The molecule has 0 aliphatic heterocycles. The van der Waals surface area contributed by atoms with Gasteiger partial charge in [0.2, 0.25) is 0 Å². The van der Waals surface area contributed by atoms with E-state index < -0.39 is 28.9 Å². The lowest BCUT2D eigenvalue weighted by atomic mass is 10.1. The number of nitrogens with two attached hydrogens (primary N) is 1. The summed E-state index contributed by atoms with van der Waals surface area (Å²) >= 11 is 0. The van der Waals surface area contributed by atoms with Crippen LogP contribution in [0.25, 0.3) is 11.0 Å². The highest BCUT2D eigenvalue weighted by molar-refractivity contribution is 6.01. The standard InChI is InChI=1S/C29H29FN4O6.C2H7NO/c1-33(29(39)40-18-20-5-3-2-4-6-20)12-13-34-23-16-21(15-19-7-9-22(30)10-8-19)17-32-25(23)26(36)24(28(34)38)27(37)31-11-14-35;3-1-2-4/h2-10,16-17,35-36H,11-15,18H2,1H3,(H,31,37);4H,1-3H2. The van der Waals surface area contributed by atoms with Crippen molar-refractivity contribution in [3.63, 3.8) is 0 Å². The number of ether oxygens (including phenoxy) is 1. The van der Waals surface area contributed by atoms with Gasteiger partial charge >= 0.3 is 6.09 Å². The Kier molecular flexibility index (Phi) is 12.8. The van der Waals surface area contributed by atoms with Gasteiger partial charge in [-0.25, -0.2) is 9.18 Å². The number of benzene rings is 2. The summed E-state index contributed by atoms with van der Waals surface area (Å²) in [6, 6.07) is 16.8. The van der Waals surface area contributed by atoms with Crippen LogP contribution in [0.15, 0.2) is 71.7 Å². The van der Waals surface area contributed by atoms with Crippen molar-refractivity contribution < 1.29 is 34.0 Å². The van der Waals surface area contributed by atoms with E-state index in [2.05, 4.69) is 10.3 Å². The second kappa shape index (κ2) is 16.7. The van der Waals surface area contributed by atoms with Crippen molar-refractivity contribution in [3.8, 4) is 5.75 Å². The van der Waals surface area contributed by atoms with Crippen molar-refractivity contribution in [1.82, 2.24) is 19.8 Å². The number of carbonyl (C=O) groups is 2. The molecule has 2 amide bonds. The average molecular weight is 610 g/mol.